The monoisotopic (exact) mass is 156 g/mol. The maximum absolute atomic E-state index is 11.0. The molecular weight excluding hydrogens is 148 g/mol. The van der Waals surface area contributed by atoms with Gasteiger partial charge in [-0.05, 0) is 25.7 Å². The van der Waals surface area contributed by atoms with Gasteiger partial charge in [0, 0.05) is 0 Å². The molecule has 1 spiro atoms. The topological polar surface area (TPSA) is 52.6 Å². The predicted octanol–water partition coefficient (Wildman–Crippen LogP) is 0.993. The van der Waals surface area contributed by atoms with Gasteiger partial charge in [0.1, 0.15) is 0 Å². The van der Waals surface area contributed by atoms with E-state index < -0.39 is 17.7 Å². The van der Waals surface area contributed by atoms with E-state index in [1.807, 2.05) is 0 Å². The summed E-state index contributed by atoms with van der Waals surface area (Å²) in [6, 6.07) is 0. The molecule has 2 rings (SSSR count). The fourth-order valence-corrected chi connectivity index (χ4v) is 1.64. The molecule has 1 aliphatic carbocycles. The highest BCUT2D eigenvalue weighted by Crippen LogP contribution is 2.37. The van der Waals surface area contributed by atoms with E-state index in [0.717, 1.165) is 12.8 Å². The highest BCUT2D eigenvalue weighted by molar-refractivity contribution is 5.94. The molecule has 0 aromatic heterocycles. The molecule has 0 bridgehead atoms. The van der Waals surface area contributed by atoms with Crippen LogP contribution >= 0.6 is 0 Å². The van der Waals surface area contributed by atoms with Crippen molar-refractivity contribution < 1.29 is 19.1 Å². The van der Waals surface area contributed by atoms with E-state index in [1.165, 1.54) is 0 Å². The van der Waals surface area contributed by atoms with E-state index >= 15 is 0 Å². The Labute approximate surface area is 63.5 Å². The number of rotatable bonds is 0. The molecular formula is C7H8O4. The van der Waals surface area contributed by atoms with E-state index in [0.29, 0.717) is 12.8 Å². The van der Waals surface area contributed by atoms with Crippen LogP contribution in [-0.4, -0.2) is 17.7 Å². The molecule has 2 aliphatic rings. The van der Waals surface area contributed by atoms with E-state index in [-0.39, 0.29) is 0 Å². The van der Waals surface area contributed by atoms with Gasteiger partial charge < -0.3 is 9.47 Å². The molecule has 0 aromatic carbocycles. The van der Waals surface area contributed by atoms with Gasteiger partial charge in [-0.3, -0.25) is 0 Å². The van der Waals surface area contributed by atoms with Crippen molar-refractivity contribution in [2.24, 2.45) is 0 Å². The van der Waals surface area contributed by atoms with E-state index in [1.54, 1.807) is 0 Å². The summed E-state index contributed by atoms with van der Waals surface area (Å²) >= 11 is 0. The first kappa shape index (κ1) is 6.64. The maximum atomic E-state index is 11.0. The molecule has 1 aliphatic heterocycles. The summed E-state index contributed by atoms with van der Waals surface area (Å²) in [6.07, 6.45) is 2.27. The lowest BCUT2D eigenvalue weighted by Gasteiger charge is -2.13. The molecule has 0 radical (unpaired) electrons. The van der Waals surface area contributed by atoms with E-state index in [4.69, 9.17) is 4.74 Å². The average molecular weight is 156 g/mol. The SMILES string of the molecule is O=C1OC(=O)C2(CCCC2)O1. The van der Waals surface area contributed by atoms with Gasteiger partial charge >= 0.3 is 12.1 Å². The lowest BCUT2D eigenvalue weighted by Crippen LogP contribution is -2.32. The molecule has 0 N–H and O–H groups in total. The van der Waals surface area contributed by atoms with Gasteiger partial charge in [0.25, 0.3) is 0 Å². The maximum Gasteiger partial charge on any atom is 0.517 e. The first-order chi connectivity index (χ1) is 5.23. The van der Waals surface area contributed by atoms with Gasteiger partial charge in [-0.2, -0.15) is 0 Å². The van der Waals surface area contributed by atoms with Gasteiger partial charge in [-0.15, -0.1) is 0 Å². The Morgan fingerprint density at radius 3 is 2.27 bits per heavy atom. The van der Waals surface area contributed by atoms with Crippen molar-refractivity contribution in [1.82, 2.24) is 0 Å². The molecule has 2 fully saturated rings. The molecule has 1 saturated heterocycles. The zero-order valence-electron chi connectivity index (χ0n) is 5.96. The van der Waals surface area contributed by atoms with Crippen molar-refractivity contribution in [2.75, 3.05) is 0 Å². The Kier molecular flexibility index (Phi) is 1.19. The molecule has 0 amide bonds. The van der Waals surface area contributed by atoms with Crippen molar-refractivity contribution in [3.05, 3.63) is 0 Å². The summed E-state index contributed by atoms with van der Waals surface area (Å²) in [4.78, 5) is 21.6. The molecule has 1 saturated carbocycles. The van der Waals surface area contributed by atoms with Crippen LogP contribution in [0.4, 0.5) is 4.79 Å². The van der Waals surface area contributed by atoms with Crippen molar-refractivity contribution >= 4 is 12.1 Å². The second kappa shape index (κ2) is 1.96. The molecule has 0 aromatic rings. The second-order valence-corrected chi connectivity index (χ2v) is 2.94. The summed E-state index contributed by atoms with van der Waals surface area (Å²) in [5.41, 5.74) is -0.892. The van der Waals surface area contributed by atoms with Gasteiger partial charge in [-0.25, -0.2) is 9.59 Å². The fourth-order valence-electron chi connectivity index (χ4n) is 1.64. The zero-order valence-corrected chi connectivity index (χ0v) is 5.96. The van der Waals surface area contributed by atoms with Gasteiger partial charge in [-0.1, -0.05) is 0 Å². The minimum absolute atomic E-state index is 0.500. The summed E-state index contributed by atoms with van der Waals surface area (Å²) in [5.74, 6) is -0.500. The van der Waals surface area contributed by atoms with Gasteiger partial charge in [0.15, 0.2) is 0 Å². The molecule has 60 valence electrons. The first-order valence-electron chi connectivity index (χ1n) is 3.68. The number of carbonyl (C=O) groups is 2. The summed E-state index contributed by atoms with van der Waals surface area (Å²) in [5, 5.41) is 0. The zero-order chi connectivity index (χ0) is 7.90. The third-order valence-electron chi connectivity index (χ3n) is 2.24. The van der Waals surface area contributed by atoms with Crippen LogP contribution in [0.5, 0.6) is 0 Å². The molecule has 1 heterocycles. The van der Waals surface area contributed by atoms with Crippen molar-refractivity contribution in [3.8, 4) is 0 Å². The molecule has 11 heavy (non-hydrogen) atoms. The number of hydrogen-bond acceptors (Lipinski definition) is 4. The first-order valence-corrected chi connectivity index (χ1v) is 3.68. The fraction of sp³-hybridized carbons (Fsp3) is 0.714. The lowest BCUT2D eigenvalue weighted by atomic mass is 10.0. The highest BCUT2D eigenvalue weighted by atomic mass is 16.8. The van der Waals surface area contributed by atoms with Crippen LogP contribution in [0, 0.1) is 0 Å². The quantitative estimate of drug-likeness (QED) is 0.387. The number of esters is 1. The van der Waals surface area contributed by atoms with E-state index in [2.05, 4.69) is 4.74 Å². The number of hydrogen-bond donors (Lipinski definition) is 0. The standard InChI is InChI=1S/C7H8O4/c8-5-7(3-1-2-4-7)11-6(9)10-5/h1-4H2. The Balaban J connectivity index is 2.24. The van der Waals surface area contributed by atoms with E-state index in [9.17, 15) is 9.59 Å². The van der Waals surface area contributed by atoms with Crippen LogP contribution in [-0.2, 0) is 14.3 Å². The number of cyclic esters (lactones) is 2. The predicted molar refractivity (Wildman–Crippen MR) is 33.8 cm³/mol. The smallest absolute Gasteiger partial charge is 0.415 e. The normalized spacial score (nSPS) is 27.3. The Morgan fingerprint density at radius 2 is 1.82 bits per heavy atom. The summed E-state index contributed by atoms with van der Waals surface area (Å²) in [6.45, 7) is 0. The minimum atomic E-state index is -0.892. The Bertz CT molecular complexity index is 214. The molecule has 0 atom stereocenters. The number of carbonyl (C=O) groups excluding carboxylic acids is 2. The summed E-state index contributed by atoms with van der Waals surface area (Å²) < 4.78 is 9.11. The van der Waals surface area contributed by atoms with Crippen LogP contribution in [0.3, 0.4) is 0 Å². The third kappa shape index (κ3) is 0.818. The Morgan fingerprint density at radius 1 is 1.18 bits per heavy atom. The molecule has 0 unspecified atom stereocenters. The van der Waals surface area contributed by atoms with Gasteiger partial charge in [0.2, 0.25) is 5.60 Å². The van der Waals surface area contributed by atoms with Crippen LogP contribution in [0.15, 0.2) is 0 Å². The lowest BCUT2D eigenvalue weighted by molar-refractivity contribution is -0.142. The molecule has 4 nitrogen and oxygen atoms in total. The minimum Gasteiger partial charge on any atom is -0.415 e. The second-order valence-electron chi connectivity index (χ2n) is 2.94. The largest absolute Gasteiger partial charge is 0.517 e. The average Bonchev–Trinajstić information content (AvgIpc) is 2.45. The van der Waals surface area contributed by atoms with Crippen molar-refractivity contribution in [3.63, 3.8) is 0 Å². The third-order valence-corrected chi connectivity index (χ3v) is 2.24. The van der Waals surface area contributed by atoms with Crippen LogP contribution in [0.2, 0.25) is 0 Å². The Hall–Kier alpha value is -1.06. The molecule has 4 heteroatoms. The highest BCUT2D eigenvalue weighted by Gasteiger charge is 2.52. The van der Waals surface area contributed by atoms with Gasteiger partial charge in [0.05, 0.1) is 0 Å². The number of ether oxygens (including phenoxy) is 2. The van der Waals surface area contributed by atoms with Crippen LogP contribution in [0.25, 0.3) is 0 Å². The van der Waals surface area contributed by atoms with Crippen molar-refractivity contribution in [2.45, 2.75) is 31.3 Å². The van der Waals surface area contributed by atoms with Crippen molar-refractivity contribution in [1.29, 1.82) is 0 Å². The van der Waals surface area contributed by atoms with Crippen LogP contribution < -0.4 is 0 Å². The summed E-state index contributed by atoms with van der Waals surface area (Å²) in [7, 11) is 0. The van der Waals surface area contributed by atoms with Crippen LogP contribution in [0.1, 0.15) is 25.7 Å².